The van der Waals surface area contributed by atoms with E-state index in [1.54, 1.807) is 0 Å². The van der Waals surface area contributed by atoms with E-state index in [-0.39, 0.29) is 17.3 Å². The van der Waals surface area contributed by atoms with Crippen molar-refractivity contribution in [1.82, 2.24) is 0 Å². The predicted octanol–water partition coefficient (Wildman–Crippen LogP) is 21.7. The molecule has 4 aliphatic rings. The summed E-state index contributed by atoms with van der Waals surface area (Å²) in [4.78, 5) is 4.99. The fourth-order valence-electron chi connectivity index (χ4n) is 15.9. The van der Waals surface area contributed by atoms with Gasteiger partial charge in [0, 0.05) is 40.1 Å². The number of anilines is 5. The van der Waals surface area contributed by atoms with E-state index in [9.17, 15) is 0 Å². The highest BCUT2D eigenvalue weighted by Gasteiger charge is 2.50. The van der Waals surface area contributed by atoms with Crippen molar-refractivity contribution in [3.05, 3.63) is 375 Å². The Hall–Kier alpha value is -10.0. The van der Waals surface area contributed by atoms with Crippen LogP contribution >= 0.6 is 0 Å². The molecule has 4 atom stereocenters. The molecule has 0 saturated heterocycles. The Kier molecular flexibility index (Phi) is 12.7. The van der Waals surface area contributed by atoms with E-state index in [1.165, 1.54) is 106 Å². The monoisotopic (exact) mass is 1120 g/mol. The zero-order chi connectivity index (χ0) is 59.3. The van der Waals surface area contributed by atoms with Gasteiger partial charge in [0.15, 0.2) is 0 Å². The maximum atomic E-state index is 4.13. The highest BCUT2D eigenvalue weighted by Crippen LogP contribution is 2.61. The molecule has 2 heteroatoms. The van der Waals surface area contributed by atoms with Crippen LogP contribution in [0.15, 0.2) is 286 Å². The summed E-state index contributed by atoms with van der Waals surface area (Å²) >= 11 is 0. The van der Waals surface area contributed by atoms with Gasteiger partial charge in [0.1, 0.15) is 0 Å². The van der Waals surface area contributed by atoms with E-state index in [4.69, 9.17) is 0 Å². The second-order valence-corrected chi connectivity index (χ2v) is 25.2. The van der Waals surface area contributed by atoms with Crippen LogP contribution in [0.3, 0.4) is 0 Å². The van der Waals surface area contributed by atoms with E-state index in [0.717, 1.165) is 39.6 Å². The lowest BCUT2D eigenvalue weighted by Crippen LogP contribution is -2.30. The van der Waals surface area contributed by atoms with Crippen LogP contribution in [0.4, 0.5) is 28.4 Å². The number of rotatable bonds is 12. The van der Waals surface area contributed by atoms with Gasteiger partial charge in [-0.1, -0.05) is 250 Å². The number of hydrogen-bond donors (Lipinski definition) is 0. The summed E-state index contributed by atoms with van der Waals surface area (Å²) in [5.74, 6) is 0.379. The third kappa shape index (κ3) is 8.14. The Labute approximate surface area is 514 Å². The summed E-state index contributed by atoms with van der Waals surface area (Å²) in [6, 6.07) is 94.1. The second-order valence-electron chi connectivity index (χ2n) is 25.2. The van der Waals surface area contributed by atoms with Crippen LogP contribution in [0.25, 0.3) is 34.4 Å². The summed E-state index contributed by atoms with van der Waals surface area (Å²) in [7, 11) is 0. The first-order chi connectivity index (χ1) is 42.4. The molecule has 0 bridgehead atoms. The quantitative estimate of drug-likeness (QED) is 0.120. The van der Waals surface area contributed by atoms with Gasteiger partial charge in [0.2, 0.25) is 0 Å². The average molecular weight is 1120 g/mol. The molecule has 420 valence electrons. The minimum atomic E-state index is -0.578. The van der Waals surface area contributed by atoms with E-state index in [2.05, 4.69) is 331 Å². The number of aryl methyl sites for hydroxylation is 4. The van der Waals surface area contributed by atoms with E-state index >= 15 is 0 Å². The molecular weight excluding hydrogens is 1050 g/mol. The van der Waals surface area contributed by atoms with Crippen molar-refractivity contribution < 1.29 is 0 Å². The van der Waals surface area contributed by atoms with Crippen molar-refractivity contribution in [2.24, 2.45) is 5.92 Å². The predicted molar refractivity (Wildman–Crippen MR) is 366 cm³/mol. The van der Waals surface area contributed by atoms with Crippen molar-refractivity contribution in [2.75, 3.05) is 9.80 Å². The molecule has 11 aromatic rings. The van der Waals surface area contributed by atoms with Gasteiger partial charge in [-0.15, -0.1) is 0 Å². The molecule has 0 heterocycles. The van der Waals surface area contributed by atoms with E-state index in [1.807, 2.05) is 12.2 Å². The highest BCUT2D eigenvalue weighted by atomic mass is 15.2. The molecule has 0 N–H and O–H groups in total. The topological polar surface area (TPSA) is 6.48 Å². The van der Waals surface area contributed by atoms with Gasteiger partial charge in [-0.05, 0) is 206 Å². The standard InChI is InChI=1S/C85H70N2/c1-9-59-33-37-61(38-34-59)84(77-49-55(3)29-31-57(77)5)75-27-19-17-25-69(75)73-47-43-67(53-81(73)84)86(63-21-13-11-14-22-63)65-41-45-71-72-46-42-66(52-80(72)83(7,8)79(71)51-65)87(64-23-15-12-16-24-64)68-44-48-74-70-26-18-20-28-76(70)85(82(74)54-68,62-39-35-60(10-2)36-40-62)78-50-56(4)30-32-58(78)6/h9-54,71,79H,1-2H2,3-8H3. The van der Waals surface area contributed by atoms with Crippen molar-refractivity contribution in [2.45, 2.75) is 63.7 Å². The number of para-hydroxylation sites is 2. The molecule has 4 aliphatic carbocycles. The molecule has 0 saturated carbocycles. The summed E-state index contributed by atoms with van der Waals surface area (Å²) in [5, 5.41) is 0. The second kappa shape index (κ2) is 20.6. The van der Waals surface area contributed by atoms with Gasteiger partial charge in [0.05, 0.1) is 10.8 Å². The minimum absolute atomic E-state index is 0.180. The van der Waals surface area contributed by atoms with Crippen molar-refractivity contribution in [3.8, 4) is 22.3 Å². The fraction of sp³-hybridized carbons (Fsp3) is 0.129. The Bertz CT molecular complexity index is 4630. The van der Waals surface area contributed by atoms with Crippen molar-refractivity contribution in [1.29, 1.82) is 0 Å². The molecule has 0 aromatic heterocycles. The molecule has 0 radical (unpaired) electrons. The summed E-state index contributed by atoms with van der Waals surface area (Å²) in [6.07, 6.45) is 11.4. The molecule has 87 heavy (non-hydrogen) atoms. The normalized spacial score (nSPS) is 18.8. The first kappa shape index (κ1) is 53.7. The van der Waals surface area contributed by atoms with Crippen LogP contribution in [-0.2, 0) is 16.2 Å². The van der Waals surface area contributed by atoms with Crippen LogP contribution in [0.5, 0.6) is 0 Å². The SMILES string of the molecule is C=Cc1ccc(C2(c3cc(C)ccc3C)c3ccccc3-c3ccc(N(C4=CC5C(C=C4)c4ccc(N(c6ccccc6)c6ccc7c(c6)C(c6ccc(C=C)cc6)(c6cc(C)ccc6C)c6ccccc6-7)cc4C5(C)C)c4ccccc4)cc32)cc1. The number of benzene rings is 11. The van der Waals surface area contributed by atoms with Crippen LogP contribution in [0.1, 0.15) is 109 Å². The third-order valence-electron chi connectivity index (χ3n) is 20.0. The Morgan fingerprint density at radius 2 is 0.793 bits per heavy atom. The lowest BCUT2D eigenvalue weighted by atomic mass is 9.66. The number of fused-ring (bicyclic) bond motifs is 9. The molecule has 4 unspecified atom stereocenters. The maximum Gasteiger partial charge on any atom is 0.0716 e. The first-order valence-corrected chi connectivity index (χ1v) is 30.8. The molecule has 0 aliphatic heterocycles. The van der Waals surface area contributed by atoms with E-state index < -0.39 is 10.8 Å². The number of nitrogens with zero attached hydrogens (tertiary/aromatic N) is 2. The molecule has 0 amide bonds. The Balaban J connectivity index is 0.862. The Morgan fingerprint density at radius 1 is 0.368 bits per heavy atom. The van der Waals surface area contributed by atoms with Gasteiger partial charge in [-0.2, -0.15) is 0 Å². The van der Waals surface area contributed by atoms with Crippen LogP contribution in [-0.4, -0.2) is 0 Å². The minimum Gasteiger partial charge on any atom is -0.311 e. The number of allylic oxidation sites excluding steroid dienone is 3. The summed E-state index contributed by atoms with van der Waals surface area (Å²) in [5.41, 5.74) is 30.7. The van der Waals surface area contributed by atoms with Gasteiger partial charge < -0.3 is 9.80 Å². The van der Waals surface area contributed by atoms with Crippen molar-refractivity contribution >= 4 is 40.6 Å². The largest absolute Gasteiger partial charge is 0.311 e. The lowest BCUT2D eigenvalue weighted by molar-refractivity contribution is 0.392. The smallest absolute Gasteiger partial charge is 0.0716 e. The lowest BCUT2D eigenvalue weighted by Gasteiger charge is -2.37. The summed E-state index contributed by atoms with van der Waals surface area (Å²) in [6.45, 7) is 22.2. The highest BCUT2D eigenvalue weighted by molar-refractivity contribution is 5.92. The summed E-state index contributed by atoms with van der Waals surface area (Å²) < 4.78 is 0. The van der Waals surface area contributed by atoms with Crippen LogP contribution in [0, 0.1) is 33.6 Å². The van der Waals surface area contributed by atoms with Crippen LogP contribution in [0.2, 0.25) is 0 Å². The molecule has 0 spiro atoms. The van der Waals surface area contributed by atoms with Gasteiger partial charge in [0.25, 0.3) is 0 Å². The molecule has 11 aromatic carbocycles. The van der Waals surface area contributed by atoms with Crippen molar-refractivity contribution in [3.63, 3.8) is 0 Å². The molecule has 15 rings (SSSR count). The van der Waals surface area contributed by atoms with Gasteiger partial charge >= 0.3 is 0 Å². The van der Waals surface area contributed by atoms with Gasteiger partial charge in [-0.25, -0.2) is 0 Å². The van der Waals surface area contributed by atoms with Gasteiger partial charge in [-0.3, -0.25) is 0 Å². The van der Waals surface area contributed by atoms with Crippen LogP contribution < -0.4 is 9.80 Å². The fourth-order valence-corrected chi connectivity index (χ4v) is 15.9. The zero-order valence-electron chi connectivity index (χ0n) is 50.5. The first-order valence-electron chi connectivity index (χ1n) is 30.8. The van der Waals surface area contributed by atoms with E-state index in [0.29, 0.717) is 0 Å². The maximum absolute atomic E-state index is 4.13. The molecule has 0 fully saturated rings. The average Bonchev–Trinajstić information content (AvgIpc) is 1.59. The zero-order valence-corrected chi connectivity index (χ0v) is 50.5. The third-order valence-corrected chi connectivity index (χ3v) is 20.0. The molecular formula is C85H70N2. The Morgan fingerprint density at radius 3 is 1.29 bits per heavy atom. The molecule has 2 nitrogen and oxygen atoms in total. The number of hydrogen-bond acceptors (Lipinski definition) is 2.